The molecule has 0 radical (unpaired) electrons. The SMILES string of the molecule is CNC1CCN(S(=O)(=O)c2cccc(F)c2[N+](=O)[O-])C1.Cl. The summed E-state index contributed by atoms with van der Waals surface area (Å²) < 4.78 is 39.5. The second-order valence-electron chi connectivity index (χ2n) is 4.48. The van der Waals surface area contributed by atoms with Crippen LogP contribution < -0.4 is 5.32 Å². The number of hydrogen-bond donors (Lipinski definition) is 1. The number of para-hydroxylation sites is 1. The van der Waals surface area contributed by atoms with Crippen LogP contribution in [0.25, 0.3) is 0 Å². The predicted octanol–water partition coefficient (Wildman–Crippen LogP) is 1.14. The van der Waals surface area contributed by atoms with Crippen LogP contribution in [-0.2, 0) is 10.0 Å². The van der Waals surface area contributed by atoms with Crippen molar-refractivity contribution < 1.29 is 17.7 Å². The molecule has 1 aromatic carbocycles. The van der Waals surface area contributed by atoms with Gasteiger partial charge in [0.2, 0.25) is 15.8 Å². The van der Waals surface area contributed by atoms with E-state index in [0.717, 1.165) is 22.5 Å². The van der Waals surface area contributed by atoms with Crippen molar-refractivity contribution in [3.05, 3.63) is 34.1 Å². The summed E-state index contributed by atoms with van der Waals surface area (Å²) in [4.78, 5) is 9.29. The van der Waals surface area contributed by atoms with Crippen molar-refractivity contribution in [2.24, 2.45) is 0 Å². The molecule has 1 heterocycles. The van der Waals surface area contributed by atoms with Crippen LogP contribution in [0.2, 0.25) is 0 Å². The normalized spacial score (nSPS) is 19.2. The smallest absolute Gasteiger partial charge is 0.316 e. The van der Waals surface area contributed by atoms with E-state index in [1.54, 1.807) is 7.05 Å². The molecule has 0 saturated carbocycles. The van der Waals surface area contributed by atoms with Crippen molar-refractivity contribution in [2.45, 2.75) is 17.4 Å². The lowest BCUT2D eigenvalue weighted by Gasteiger charge is -2.16. The van der Waals surface area contributed by atoms with Gasteiger partial charge in [-0.2, -0.15) is 8.70 Å². The molecule has 1 atom stereocenters. The van der Waals surface area contributed by atoms with Crippen LogP contribution in [0, 0.1) is 15.9 Å². The van der Waals surface area contributed by atoms with Gasteiger partial charge in [0, 0.05) is 19.1 Å². The van der Waals surface area contributed by atoms with E-state index in [9.17, 15) is 22.9 Å². The quantitative estimate of drug-likeness (QED) is 0.656. The second kappa shape index (κ2) is 6.65. The van der Waals surface area contributed by atoms with Gasteiger partial charge in [0.05, 0.1) is 4.92 Å². The van der Waals surface area contributed by atoms with E-state index in [4.69, 9.17) is 0 Å². The Morgan fingerprint density at radius 1 is 1.48 bits per heavy atom. The summed E-state index contributed by atoms with van der Waals surface area (Å²) in [7, 11) is -2.35. The van der Waals surface area contributed by atoms with Crippen LogP contribution in [0.15, 0.2) is 23.1 Å². The molecule has 1 fully saturated rings. The fraction of sp³-hybridized carbons (Fsp3) is 0.455. The fourth-order valence-electron chi connectivity index (χ4n) is 2.20. The van der Waals surface area contributed by atoms with E-state index < -0.39 is 31.3 Å². The molecule has 1 aliphatic rings. The third-order valence-corrected chi connectivity index (χ3v) is 5.21. The standard InChI is InChI=1S/C11H14FN3O4S.ClH/c1-13-8-5-6-14(7-8)20(18,19)10-4-2-3-9(12)11(10)15(16)17;/h2-4,8,13H,5-7H2,1H3;1H. The average molecular weight is 340 g/mol. The Labute approximate surface area is 127 Å². The summed E-state index contributed by atoms with van der Waals surface area (Å²) in [6.45, 7) is 0.466. The highest BCUT2D eigenvalue weighted by Crippen LogP contribution is 2.30. The highest BCUT2D eigenvalue weighted by molar-refractivity contribution is 7.89. The predicted molar refractivity (Wildman–Crippen MR) is 76.5 cm³/mol. The zero-order valence-electron chi connectivity index (χ0n) is 11.2. The number of nitro benzene ring substituents is 1. The van der Waals surface area contributed by atoms with Crippen LogP contribution in [0.3, 0.4) is 0 Å². The molecular weight excluding hydrogens is 325 g/mol. The first kappa shape index (κ1) is 17.8. The largest absolute Gasteiger partial charge is 0.324 e. The van der Waals surface area contributed by atoms with Gasteiger partial charge in [-0.25, -0.2) is 8.42 Å². The first-order valence-electron chi connectivity index (χ1n) is 5.98. The van der Waals surface area contributed by atoms with E-state index in [0.29, 0.717) is 6.42 Å². The number of rotatable bonds is 4. The van der Waals surface area contributed by atoms with Crippen molar-refractivity contribution in [1.82, 2.24) is 9.62 Å². The monoisotopic (exact) mass is 339 g/mol. The molecule has 1 aliphatic heterocycles. The number of nitrogens with zero attached hydrogens (tertiary/aromatic N) is 2. The number of benzene rings is 1. The molecule has 1 N–H and O–H groups in total. The van der Waals surface area contributed by atoms with Crippen molar-refractivity contribution >= 4 is 28.1 Å². The van der Waals surface area contributed by atoms with Gasteiger partial charge >= 0.3 is 5.69 Å². The molecule has 1 saturated heterocycles. The number of likely N-dealkylation sites (N-methyl/N-ethyl adjacent to an activating group) is 1. The minimum atomic E-state index is -4.07. The first-order valence-corrected chi connectivity index (χ1v) is 7.42. The third kappa shape index (κ3) is 3.31. The zero-order chi connectivity index (χ0) is 14.9. The maximum atomic E-state index is 13.5. The molecule has 1 unspecified atom stereocenters. The van der Waals surface area contributed by atoms with Crippen molar-refractivity contribution in [2.75, 3.05) is 20.1 Å². The molecule has 21 heavy (non-hydrogen) atoms. The van der Waals surface area contributed by atoms with E-state index in [2.05, 4.69) is 5.32 Å². The van der Waals surface area contributed by atoms with E-state index in [-0.39, 0.29) is 31.5 Å². The number of halogens is 2. The van der Waals surface area contributed by atoms with Crippen LogP contribution in [-0.4, -0.2) is 43.8 Å². The van der Waals surface area contributed by atoms with Gasteiger partial charge in [-0.1, -0.05) is 6.07 Å². The lowest BCUT2D eigenvalue weighted by atomic mass is 10.3. The number of nitro groups is 1. The first-order chi connectivity index (χ1) is 9.37. The molecule has 118 valence electrons. The molecule has 1 aromatic rings. The maximum Gasteiger partial charge on any atom is 0.324 e. The summed E-state index contributed by atoms with van der Waals surface area (Å²) in [5.74, 6) is -1.15. The van der Waals surface area contributed by atoms with Gasteiger partial charge in [0.1, 0.15) is 0 Å². The lowest BCUT2D eigenvalue weighted by Crippen LogP contribution is -2.33. The van der Waals surface area contributed by atoms with Gasteiger partial charge in [-0.3, -0.25) is 10.1 Å². The minimum Gasteiger partial charge on any atom is -0.316 e. The van der Waals surface area contributed by atoms with E-state index >= 15 is 0 Å². The summed E-state index contributed by atoms with van der Waals surface area (Å²) in [6.07, 6.45) is 0.610. The number of nitrogens with one attached hydrogen (secondary N) is 1. The van der Waals surface area contributed by atoms with Gasteiger partial charge < -0.3 is 5.32 Å². The number of hydrogen-bond acceptors (Lipinski definition) is 5. The summed E-state index contributed by atoms with van der Waals surface area (Å²) in [5, 5.41) is 13.8. The lowest BCUT2D eigenvalue weighted by molar-refractivity contribution is -0.390. The Hall–Kier alpha value is -1.29. The topological polar surface area (TPSA) is 92.6 Å². The number of sulfonamides is 1. The molecular formula is C11H15ClFN3O4S. The van der Waals surface area contributed by atoms with Gasteiger partial charge in [-0.05, 0) is 25.6 Å². The second-order valence-corrected chi connectivity index (χ2v) is 6.39. The molecule has 10 heteroatoms. The van der Waals surface area contributed by atoms with E-state index in [1.807, 2.05) is 0 Å². The van der Waals surface area contributed by atoms with Crippen molar-refractivity contribution in [3.63, 3.8) is 0 Å². The molecule has 0 aliphatic carbocycles. The molecule has 0 spiro atoms. The van der Waals surface area contributed by atoms with Crippen molar-refractivity contribution in [1.29, 1.82) is 0 Å². The van der Waals surface area contributed by atoms with Crippen LogP contribution in [0.4, 0.5) is 10.1 Å². The molecule has 0 amide bonds. The van der Waals surface area contributed by atoms with Crippen molar-refractivity contribution in [3.8, 4) is 0 Å². The zero-order valence-corrected chi connectivity index (χ0v) is 12.8. The van der Waals surface area contributed by atoms with Gasteiger partial charge in [-0.15, -0.1) is 12.4 Å². The molecule has 2 rings (SSSR count). The Kier molecular flexibility index (Phi) is 5.62. The maximum absolute atomic E-state index is 13.5. The fourth-order valence-corrected chi connectivity index (χ4v) is 3.87. The van der Waals surface area contributed by atoms with Crippen LogP contribution in [0.5, 0.6) is 0 Å². The summed E-state index contributed by atoms with van der Waals surface area (Å²) >= 11 is 0. The Bertz CT molecular complexity index is 640. The third-order valence-electron chi connectivity index (χ3n) is 3.31. The minimum absolute atomic E-state index is 0. The highest BCUT2D eigenvalue weighted by atomic mass is 35.5. The molecule has 0 aromatic heterocycles. The molecule has 0 bridgehead atoms. The Balaban J connectivity index is 0.00000220. The molecule has 7 nitrogen and oxygen atoms in total. The van der Waals surface area contributed by atoms with E-state index in [1.165, 1.54) is 0 Å². The Morgan fingerprint density at radius 3 is 2.67 bits per heavy atom. The Morgan fingerprint density at radius 2 is 2.14 bits per heavy atom. The highest BCUT2D eigenvalue weighted by Gasteiger charge is 2.37. The summed E-state index contributed by atoms with van der Waals surface area (Å²) in [5.41, 5.74) is -1.000. The van der Waals surface area contributed by atoms with Gasteiger partial charge in [0.15, 0.2) is 4.90 Å². The van der Waals surface area contributed by atoms with Crippen LogP contribution in [0.1, 0.15) is 6.42 Å². The van der Waals surface area contributed by atoms with Crippen LogP contribution >= 0.6 is 12.4 Å². The average Bonchev–Trinajstić information content (AvgIpc) is 2.87. The van der Waals surface area contributed by atoms with Gasteiger partial charge in [0.25, 0.3) is 0 Å². The summed E-state index contributed by atoms with van der Waals surface area (Å²) in [6, 6.07) is 3.08.